The summed E-state index contributed by atoms with van der Waals surface area (Å²) in [6.07, 6.45) is -16.7. The number of aliphatic hydroxyl groups is 6. The predicted octanol–water partition coefficient (Wildman–Crippen LogP) is 4.27. The molecule has 0 spiro atoms. The lowest BCUT2D eigenvalue weighted by molar-refractivity contribution is -0.348. The second-order valence-corrected chi connectivity index (χ2v) is 31.0. The van der Waals surface area contributed by atoms with E-state index >= 15 is 14.4 Å². The number of phenols is 3. The van der Waals surface area contributed by atoms with Crippen LogP contribution < -0.4 is 62.5 Å². The van der Waals surface area contributed by atoms with E-state index in [1.165, 1.54) is 37.4 Å². The zero-order valence-electron chi connectivity index (χ0n) is 63.8. The summed E-state index contributed by atoms with van der Waals surface area (Å²) < 4.78 is 44.9. The minimum absolute atomic E-state index is 0.0514. The zero-order valence-corrected chi connectivity index (χ0v) is 66.0. The number of carbonyl (C=O) groups excluding carboxylic acids is 7. The molecule has 11 bridgehead atoms. The van der Waals surface area contributed by atoms with Crippen LogP contribution in [-0.2, 0) is 63.8 Å². The van der Waals surface area contributed by atoms with E-state index in [0.29, 0.717) is 5.02 Å². The van der Waals surface area contributed by atoms with Gasteiger partial charge in [0, 0.05) is 46.3 Å². The Bertz CT molecular complexity index is 4960. The van der Waals surface area contributed by atoms with Crippen molar-refractivity contribution in [2.24, 2.45) is 11.7 Å². The SMILES string of the molecule is CN[C@H](CC(C)C)C(=O)N[C@H]1C(=O)N[C@@H](CC(N)=O)C(=O)N[C@H]2C(=O)N[C@H]3C(=O)N[C@H](C(=O)N[C@H](C(=O)O)c4cc(O)cc(O)c4-c4cc3ccc4O)[C@H](O)c3ccc(c(Cl)c3)Oc3cc2cc(c3OCCO[C@@H]2O[C@H](CO)[C@@H](O)[C@H](O)[C@H]2O[C@H]2C[C@](C)(NCc3ccc(-c4ccc(Cl)cc4)cc3)[C@H](O)[C@H](C)O2)Oc2ccc(cc2Cl)[C@H]1O. The van der Waals surface area contributed by atoms with Crippen LogP contribution >= 0.6 is 34.8 Å². The Labute approximate surface area is 689 Å². The van der Waals surface area contributed by atoms with E-state index in [1.807, 2.05) is 50.2 Å². The maximum atomic E-state index is 16.1. The van der Waals surface area contributed by atoms with Gasteiger partial charge < -0.3 is 132 Å². The number of carboxylic acid groups (broad SMARTS) is 1. The van der Waals surface area contributed by atoms with Crippen molar-refractivity contribution in [2.75, 3.05) is 26.9 Å². The van der Waals surface area contributed by atoms with Gasteiger partial charge in [-0.2, -0.15) is 0 Å². The first kappa shape index (κ1) is 86.8. The Morgan fingerprint density at radius 2 is 1.27 bits per heavy atom. The molecular formula is C81H88Cl3N9O25. The minimum atomic E-state index is -2.29. The summed E-state index contributed by atoms with van der Waals surface area (Å²) in [5.74, 6) is -15.2. The smallest absolute Gasteiger partial charge is 0.330 e. The van der Waals surface area contributed by atoms with Crippen molar-refractivity contribution in [1.82, 2.24) is 42.5 Å². The first-order valence-electron chi connectivity index (χ1n) is 37.4. The molecule has 0 aromatic heterocycles. The number of rotatable bonds is 20. The molecule has 0 saturated carbocycles. The number of aliphatic carboxylic acids is 1. The Morgan fingerprint density at radius 1 is 0.661 bits per heavy atom. The number of likely N-dealkylation sites (N-methyl/N-ethyl adjacent to an activating group) is 1. The van der Waals surface area contributed by atoms with Gasteiger partial charge in [-0.3, -0.25) is 33.6 Å². The van der Waals surface area contributed by atoms with E-state index in [1.54, 1.807) is 26.0 Å². The van der Waals surface area contributed by atoms with Crippen molar-refractivity contribution < 1.29 is 123 Å². The third-order valence-corrected chi connectivity index (χ3v) is 21.8. The molecular weight excluding hydrogens is 1610 g/mol. The number of carbonyl (C=O) groups is 8. The molecule has 118 heavy (non-hydrogen) atoms. The van der Waals surface area contributed by atoms with Crippen LogP contribution in [0.15, 0.2) is 127 Å². The molecule has 7 heterocycles. The maximum absolute atomic E-state index is 16.1. The zero-order chi connectivity index (χ0) is 85.0. The summed E-state index contributed by atoms with van der Waals surface area (Å²) in [6, 6.07) is 15.1. The summed E-state index contributed by atoms with van der Waals surface area (Å²) in [5.41, 5.74) is 4.74. The van der Waals surface area contributed by atoms with Gasteiger partial charge in [-0.25, -0.2) is 4.79 Å². The molecule has 7 aliphatic rings. The van der Waals surface area contributed by atoms with Crippen LogP contribution in [0.3, 0.4) is 0 Å². The average molecular weight is 1690 g/mol. The Kier molecular flexibility index (Phi) is 27.1. The molecule has 628 valence electrons. The van der Waals surface area contributed by atoms with E-state index in [4.69, 9.17) is 73.7 Å². The molecule has 2 saturated heterocycles. The van der Waals surface area contributed by atoms with E-state index in [-0.39, 0.29) is 63.5 Å². The molecule has 14 rings (SSSR count). The minimum Gasteiger partial charge on any atom is -0.508 e. The number of nitrogens with two attached hydrogens (primary N) is 1. The molecule has 7 aromatic rings. The lowest BCUT2D eigenvalue weighted by Gasteiger charge is -2.48. The Balaban J connectivity index is 0.960. The van der Waals surface area contributed by atoms with E-state index in [0.717, 1.165) is 65.2 Å². The highest BCUT2D eigenvalue weighted by Gasteiger charge is 2.51. The number of aromatic hydroxyl groups is 3. The van der Waals surface area contributed by atoms with Crippen LogP contribution in [0.2, 0.25) is 15.1 Å². The first-order chi connectivity index (χ1) is 56.1. The third-order valence-electron chi connectivity index (χ3n) is 20.9. The number of hydrogen-bond donors (Lipinski definition) is 19. The van der Waals surface area contributed by atoms with Crippen LogP contribution in [0, 0.1) is 5.92 Å². The number of carboxylic acids is 1. The standard InChI is InChI=1S/C81H88Cl3N9O25/c1-34(2)22-49(86-5)73(104)92-64-66(99)40-13-18-53(47(83)24-40)115-55-26-42-27-56(70(55)112-20-21-113-80-71(69(102)68(101)57(33-94)117-80)118-59-31-81(4,72(103)35(3)114-59)87-32-36-6-8-37(9-7-36)38-10-15-43(82)16-11-38)116-54-19-14-41(25-48(54)84)67(100)65-78(109)91-63(79(110)111)46-28-44(95)29-52(97)60(46)45-23-39(12-17-51(45)96)61(75(106)93-65)90-76(107)62(42)89-74(105)50(30-58(85)98)88-77(64)108/h6-19,23-29,34-35,49-50,57,59,61-69,71-72,80,86-87,94-97,99-103H,20-22,30-33H2,1-5H3,(H2,85,98)(H,88,108)(H,89,105)(H,90,107)(H,91,109)(H,92,104)(H,93,106)(H,110,111)/t35-,49+,50-,57+,59-,61+,62+,63-,64+,65-,66+,67+,68+,69-,71+,72+,80+,81-/m0/s1. The summed E-state index contributed by atoms with van der Waals surface area (Å²) in [5, 5.41) is 136. The summed E-state index contributed by atoms with van der Waals surface area (Å²) in [4.78, 5) is 117. The average Bonchev–Trinajstić information content (AvgIpc) is 0.768. The summed E-state index contributed by atoms with van der Waals surface area (Å²) in [7, 11) is 1.48. The van der Waals surface area contributed by atoms with E-state index < -0.39 is 240 Å². The van der Waals surface area contributed by atoms with Gasteiger partial charge in [-0.05, 0) is 139 Å². The Morgan fingerprint density at radius 3 is 1.88 bits per heavy atom. The number of halogens is 3. The van der Waals surface area contributed by atoms with Gasteiger partial charge in [0.2, 0.25) is 47.1 Å². The quantitative estimate of drug-likeness (QED) is 0.0474. The highest BCUT2D eigenvalue weighted by molar-refractivity contribution is 6.32. The number of aliphatic hydroxyl groups excluding tert-OH is 6. The van der Waals surface area contributed by atoms with Crippen molar-refractivity contribution in [3.8, 4) is 68.2 Å². The normalized spacial score (nSPS) is 26.9. The fraction of sp³-hybridized carbons (Fsp3) is 0.383. The van der Waals surface area contributed by atoms with Crippen LogP contribution in [0.25, 0.3) is 22.3 Å². The fourth-order valence-electron chi connectivity index (χ4n) is 14.7. The number of benzene rings is 7. The molecule has 2 fully saturated rings. The van der Waals surface area contributed by atoms with Gasteiger partial charge in [-0.1, -0.05) is 103 Å². The lowest BCUT2D eigenvalue weighted by atomic mass is 9.84. The highest BCUT2D eigenvalue weighted by atomic mass is 35.5. The molecule has 37 heteroatoms. The summed E-state index contributed by atoms with van der Waals surface area (Å²) in [6.45, 7) is 5.29. The number of fused-ring (bicyclic) bond motifs is 15. The molecule has 0 aliphatic carbocycles. The van der Waals surface area contributed by atoms with Crippen molar-refractivity contribution in [1.29, 1.82) is 0 Å². The number of primary amides is 1. The topological polar surface area (TPSA) is 526 Å². The molecule has 7 aromatic carbocycles. The summed E-state index contributed by atoms with van der Waals surface area (Å²) >= 11 is 20.3. The third kappa shape index (κ3) is 19.3. The van der Waals surface area contributed by atoms with Gasteiger partial charge in [-0.15, -0.1) is 0 Å². The lowest BCUT2D eigenvalue weighted by Crippen LogP contribution is -2.65. The first-order valence-corrected chi connectivity index (χ1v) is 38.6. The molecule has 18 atom stereocenters. The van der Waals surface area contributed by atoms with Crippen molar-refractivity contribution >= 4 is 82.1 Å². The fourth-order valence-corrected chi connectivity index (χ4v) is 15.2. The Hall–Kier alpha value is -10.5. The van der Waals surface area contributed by atoms with Crippen molar-refractivity contribution in [3.05, 3.63) is 176 Å². The highest BCUT2D eigenvalue weighted by Crippen LogP contribution is 2.49. The number of nitrogens with one attached hydrogen (secondary N) is 8. The molecule has 20 N–H and O–H groups in total. The van der Waals surface area contributed by atoms with Crippen molar-refractivity contribution in [2.45, 2.75) is 163 Å². The van der Waals surface area contributed by atoms with Gasteiger partial charge in [0.15, 0.2) is 30.1 Å². The second kappa shape index (κ2) is 36.8. The number of hydrogen-bond acceptors (Lipinski definition) is 26. The van der Waals surface area contributed by atoms with Crippen LogP contribution in [0.1, 0.15) is 111 Å². The van der Waals surface area contributed by atoms with Gasteiger partial charge in [0.05, 0.1) is 47.9 Å². The molecule has 7 aliphatic heterocycles. The van der Waals surface area contributed by atoms with Crippen LogP contribution in [0.5, 0.6) is 46.0 Å². The van der Waals surface area contributed by atoms with Crippen LogP contribution in [0.4, 0.5) is 0 Å². The van der Waals surface area contributed by atoms with E-state index in [2.05, 4.69) is 42.5 Å². The van der Waals surface area contributed by atoms with E-state index in [9.17, 15) is 75.0 Å². The number of amides is 7. The monoisotopic (exact) mass is 1690 g/mol. The van der Waals surface area contributed by atoms with Crippen LogP contribution in [-0.4, -0.2) is 204 Å². The van der Waals surface area contributed by atoms with Gasteiger partial charge >= 0.3 is 5.97 Å². The number of ether oxygens (including phenoxy) is 7. The molecule has 0 radical (unpaired) electrons. The largest absolute Gasteiger partial charge is 0.508 e. The van der Waals surface area contributed by atoms with Gasteiger partial charge in [0.1, 0.15) is 102 Å². The van der Waals surface area contributed by atoms with Crippen molar-refractivity contribution in [3.63, 3.8) is 0 Å². The number of phenolic OH excluding ortho intramolecular Hbond substituents is 3. The predicted molar refractivity (Wildman–Crippen MR) is 420 cm³/mol. The maximum Gasteiger partial charge on any atom is 0.330 e. The molecule has 0 unspecified atom stereocenters. The molecule has 7 amide bonds. The molecule has 34 nitrogen and oxygen atoms in total. The second-order valence-electron chi connectivity index (χ2n) is 29.8. The van der Waals surface area contributed by atoms with Gasteiger partial charge in [0.25, 0.3) is 0 Å².